The number of carbonyl (C=O) groups is 1. The summed E-state index contributed by atoms with van der Waals surface area (Å²) in [5.41, 5.74) is 1.28. The summed E-state index contributed by atoms with van der Waals surface area (Å²) in [5.74, 6) is 2.08. The molecule has 1 aliphatic rings. The molecular weight excluding hydrogens is 368 g/mol. The first-order valence-electron chi connectivity index (χ1n) is 10.3. The summed E-state index contributed by atoms with van der Waals surface area (Å²) in [7, 11) is 0. The number of piperidine rings is 1. The van der Waals surface area contributed by atoms with Gasteiger partial charge in [0.25, 0.3) is 0 Å². The molecule has 0 radical (unpaired) electrons. The number of aryl methyl sites for hydroxylation is 1. The number of thioether (sulfide) groups is 1. The molecule has 152 valence electrons. The SMILES string of the molecule is CSC[C@H](C)N1CCC(n2nccc2NC(=O)CCCc2ccccc2)CC1. The molecule has 6 heteroatoms. The molecule has 2 heterocycles. The van der Waals surface area contributed by atoms with Crippen molar-refractivity contribution in [3.05, 3.63) is 48.2 Å². The maximum Gasteiger partial charge on any atom is 0.225 e. The van der Waals surface area contributed by atoms with E-state index in [-0.39, 0.29) is 5.91 Å². The molecule has 1 aromatic heterocycles. The summed E-state index contributed by atoms with van der Waals surface area (Å²) >= 11 is 1.91. The largest absolute Gasteiger partial charge is 0.311 e. The minimum atomic E-state index is 0.0729. The van der Waals surface area contributed by atoms with Gasteiger partial charge in [0.15, 0.2) is 0 Å². The zero-order chi connectivity index (χ0) is 19.8. The Labute approximate surface area is 172 Å². The zero-order valence-electron chi connectivity index (χ0n) is 17.0. The van der Waals surface area contributed by atoms with E-state index < -0.39 is 0 Å². The number of nitrogens with zero attached hydrogens (tertiary/aromatic N) is 3. The fraction of sp³-hybridized carbons (Fsp3) is 0.545. The van der Waals surface area contributed by atoms with E-state index in [0.29, 0.717) is 18.5 Å². The molecule has 5 nitrogen and oxygen atoms in total. The second-order valence-corrected chi connectivity index (χ2v) is 8.53. The average Bonchev–Trinajstić information content (AvgIpc) is 3.17. The maximum atomic E-state index is 12.4. The lowest BCUT2D eigenvalue weighted by atomic mass is 10.0. The molecule has 1 saturated heterocycles. The van der Waals surface area contributed by atoms with E-state index in [4.69, 9.17) is 0 Å². The number of aromatic nitrogens is 2. The Bertz CT molecular complexity index is 725. The molecular formula is C22H32N4OS. The normalized spacial score (nSPS) is 16.8. The minimum absolute atomic E-state index is 0.0729. The number of anilines is 1. The van der Waals surface area contributed by atoms with Crippen molar-refractivity contribution in [3.8, 4) is 0 Å². The monoisotopic (exact) mass is 400 g/mol. The van der Waals surface area contributed by atoms with Crippen LogP contribution >= 0.6 is 11.8 Å². The van der Waals surface area contributed by atoms with Crippen molar-refractivity contribution in [2.24, 2.45) is 0 Å². The summed E-state index contributed by atoms with van der Waals surface area (Å²) in [6.45, 7) is 4.50. The van der Waals surface area contributed by atoms with Gasteiger partial charge >= 0.3 is 0 Å². The van der Waals surface area contributed by atoms with Crippen LogP contribution in [0.2, 0.25) is 0 Å². The molecule has 1 N–H and O–H groups in total. The zero-order valence-corrected chi connectivity index (χ0v) is 17.8. The van der Waals surface area contributed by atoms with E-state index in [1.54, 1.807) is 6.20 Å². The molecule has 0 unspecified atom stereocenters. The van der Waals surface area contributed by atoms with Gasteiger partial charge in [-0.15, -0.1) is 0 Å². The molecule has 1 aromatic carbocycles. The maximum absolute atomic E-state index is 12.4. The lowest BCUT2D eigenvalue weighted by Gasteiger charge is -2.36. The van der Waals surface area contributed by atoms with Crippen LogP contribution in [0.15, 0.2) is 42.6 Å². The van der Waals surface area contributed by atoms with E-state index in [2.05, 4.69) is 40.6 Å². The first-order valence-corrected chi connectivity index (χ1v) is 11.7. The Balaban J connectivity index is 1.46. The van der Waals surface area contributed by atoms with E-state index in [1.807, 2.05) is 40.7 Å². The first-order chi connectivity index (χ1) is 13.7. The van der Waals surface area contributed by atoms with Crippen molar-refractivity contribution < 1.29 is 4.79 Å². The van der Waals surface area contributed by atoms with Gasteiger partial charge < -0.3 is 5.32 Å². The van der Waals surface area contributed by atoms with Crippen LogP contribution in [-0.4, -0.2) is 51.7 Å². The smallest absolute Gasteiger partial charge is 0.225 e. The lowest BCUT2D eigenvalue weighted by molar-refractivity contribution is -0.116. The quantitative estimate of drug-likeness (QED) is 0.684. The van der Waals surface area contributed by atoms with Gasteiger partial charge in [-0.1, -0.05) is 30.3 Å². The molecule has 1 atom stereocenters. The van der Waals surface area contributed by atoms with Gasteiger partial charge in [0.2, 0.25) is 5.91 Å². The predicted molar refractivity (Wildman–Crippen MR) is 118 cm³/mol. The minimum Gasteiger partial charge on any atom is -0.311 e. The second kappa shape index (κ2) is 10.7. The third-order valence-electron chi connectivity index (χ3n) is 5.53. The van der Waals surface area contributed by atoms with Crippen molar-refractivity contribution in [3.63, 3.8) is 0 Å². The highest BCUT2D eigenvalue weighted by atomic mass is 32.2. The van der Waals surface area contributed by atoms with Crippen molar-refractivity contribution in [1.29, 1.82) is 0 Å². The molecule has 28 heavy (non-hydrogen) atoms. The Kier molecular flexibility index (Phi) is 7.98. The van der Waals surface area contributed by atoms with Crippen LogP contribution in [0.3, 0.4) is 0 Å². The van der Waals surface area contributed by atoms with Crippen LogP contribution in [-0.2, 0) is 11.2 Å². The van der Waals surface area contributed by atoms with Gasteiger partial charge in [-0.05, 0) is 44.4 Å². The number of nitrogens with one attached hydrogen (secondary N) is 1. The summed E-state index contributed by atoms with van der Waals surface area (Å²) in [6, 6.07) is 13.2. The lowest BCUT2D eigenvalue weighted by Crippen LogP contribution is -2.41. The van der Waals surface area contributed by atoms with E-state index >= 15 is 0 Å². The van der Waals surface area contributed by atoms with E-state index in [0.717, 1.165) is 44.6 Å². The standard InChI is InChI=1S/C22H32N4OS/c1-18(17-28-2)25-15-12-20(13-16-25)26-21(11-14-23-26)24-22(27)10-6-9-19-7-4-3-5-8-19/h3-5,7-8,11,14,18,20H,6,9-10,12-13,15-17H2,1-2H3,(H,24,27)/t18-/m0/s1. The fourth-order valence-electron chi connectivity index (χ4n) is 3.93. The number of likely N-dealkylation sites (tertiary alicyclic amines) is 1. The van der Waals surface area contributed by atoms with E-state index in [9.17, 15) is 4.79 Å². The Morgan fingerprint density at radius 1 is 1.25 bits per heavy atom. The van der Waals surface area contributed by atoms with Gasteiger partial charge in [-0.2, -0.15) is 16.9 Å². The molecule has 2 aromatic rings. The number of rotatable bonds is 9. The van der Waals surface area contributed by atoms with Crippen LogP contribution in [0.4, 0.5) is 5.82 Å². The van der Waals surface area contributed by atoms with Crippen molar-refractivity contribution >= 4 is 23.5 Å². The van der Waals surface area contributed by atoms with Crippen molar-refractivity contribution in [2.75, 3.05) is 30.4 Å². The number of hydrogen-bond acceptors (Lipinski definition) is 4. The molecule has 0 saturated carbocycles. The molecule has 1 amide bonds. The summed E-state index contributed by atoms with van der Waals surface area (Å²) in [6.07, 6.45) is 8.44. The van der Waals surface area contributed by atoms with Gasteiger partial charge in [0.1, 0.15) is 5.82 Å². The number of amides is 1. The van der Waals surface area contributed by atoms with Gasteiger partial charge in [-0.3, -0.25) is 9.69 Å². The highest BCUT2D eigenvalue weighted by Gasteiger charge is 2.25. The van der Waals surface area contributed by atoms with Crippen LogP contribution in [0, 0.1) is 0 Å². The van der Waals surface area contributed by atoms with Gasteiger partial charge in [0.05, 0.1) is 12.2 Å². The first kappa shape index (κ1) is 20.9. The topological polar surface area (TPSA) is 50.2 Å². The molecule has 3 rings (SSSR count). The van der Waals surface area contributed by atoms with E-state index in [1.165, 1.54) is 11.3 Å². The summed E-state index contributed by atoms with van der Waals surface area (Å²) in [5, 5.41) is 7.58. The number of carbonyl (C=O) groups excluding carboxylic acids is 1. The fourth-order valence-corrected chi connectivity index (χ4v) is 4.62. The van der Waals surface area contributed by atoms with Crippen LogP contribution in [0.5, 0.6) is 0 Å². The van der Waals surface area contributed by atoms with Crippen molar-refractivity contribution in [2.45, 2.75) is 51.1 Å². The third-order valence-corrected chi connectivity index (χ3v) is 6.34. The summed E-state index contributed by atoms with van der Waals surface area (Å²) < 4.78 is 2.02. The van der Waals surface area contributed by atoms with Crippen LogP contribution < -0.4 is 5.32 Å². The van der Waals surface area contributed by atoms with Gasteiger partial charge in [-0.25, -0.2) is 4.68 Å². The summed E-state index contributed by atoms with van der Waals surface area (Å²) in [4.78, 5) is 15.0. The highest BCUT2D eigenvalue weighted by molar-refractivity contribution is 7.98. The average molecular weight is 401 g/mol. The third kappa shape index (κ3) is 5.85. The number of hydrogen-bond donors (Lipinski definition) is 1. The highest BCUT2D eigenvalue weighted by Crippen LogP contribution is 2.27. The Morgan fingerprint density at radius 2 is 2.00 bits per heavy atom. The molecule has 0 spiro atoms. The van der Waals surface area contributed by atoms with Crippen LogP contribution in [0.25, 0.3) is 0 Å². The second-order valence-electron chi connectivity index (χ2n) is 7.62. The van der Waals surface area contributed by atoms with Crippen LogP contribution in [0.1, 0.15) is 44.2 Å². The predicted octanol–water partition coefficient (Wildman–Crippen LogP) is 4.23. The van der Waals surface area contributed by atoms with Gasteiger partial charge in [0, 0.05) is 37.4 Å². The molecule has 1 aliphatic heterocycles. The molecule has 0 bridgehead atoms. The van der Waals surface area contributed by atoms with Crippen molar-refractivity contribution in [1.82, 2.24) is 14.7 Å². The molecule has 0 aliphatic carbocycles. The Hall–Kier alpha value is -1.79. The Morgan fingerprint density at radius 3 is 2.71 bits per heavy atom. The number of benzene rings is 1. The molecule has 1 fully saturated rings.